The van der Waals surface area contributed by atoms with Gasteiger partial charge in [0.05, 0.1) is 0 Å². The SMILES string of the molecule is CC(C)(C)[Si](O[C@]1(OC(=O)C(F)(F)F)C=CC=C2CCCCC21)(c1ccccc1)c1ccccc1. The Balaban J connectivity index is 1.96. The van der Waals surface area contributed by atoms with E-state index >= 15 is 0 Å². The lowest BCUT2D eigenvalue weighted by atomic mass is 9.76. The Morgan fingerprint density at radius 3 is 2.03 bits per heavy atom. The van der Waals surface area contributed by atoms with Gasteiger partial charge in [-0.05, 0) is 40.8 Å². The van der Waals surface area contributed by atoms with Crippen molar-refractivity contribution < 1.29 is 27.1 Å². The summed E-state index contributed by atoms with van der Waals surface area (Å²) >= 11 is 0. The molecule has 2 aliphatic rings. The number of halogens is 3. The van der Waals surface area contributed by atoms with Crippen LogP contribution < -0.4 is 10.4 Å². The molecule has 0 spiro atoms. The van der Waals surface area contributed by atoms with Crippen LogP contribution in [-0.4, -0.2) is 26.3 Å². The van der Waals surface area contributed by atoms with Crippen molar-refractivity contribution >= 4 is 24.7 Å². The minimum atomic E-state index is -5.13. The average molecular weight is 501 g/mol. The Morgan fingerprint density at radius 1 is 0.943 bits per heavy atom. The summed E-state index contributed by atoms with van der Waals surface area (Å²) in [7, 11) is -3.33. The lowest BCUT2D eigenvalue weighted by Gasteiger charge is -2.51. The van der Waals surface area contributed by atoms with Crippen molar-refractivity contribution in [1.29, 1.82) is 0 Å². The first-order valence-corrected chi connectivity index (χ1v) is 13.9. The highest BCUT2D eigenvalue weighted by Gasteiger charge is 2.59. The van der Waals surface area contributed by atoms with Gasteiger partial charge in [0.25, 0.3) is 8.32 Å². The second-order valence-electron chi connectivity index (χ2n) is 10.3. The number of ether oxygens (including phenoxy) is 1. The summed E-state index contributed by atoms with van der Waals surface area (Å²) in [5.74, 6) is -4.57. The molecule has 2 atom stereocenters. The Labute approximate surface area is 205 Å². The van der Waals surface area contributed by atoms with Gasteiger partial charge in [-0.3, -0.25) is 0 Å². The van der Waals surface area contributed by atoms with Crippen molar-refractivity contribution in [3.8, 4) is 0 Å². The molecule has 1 unspecified atom stereocenters. The molecule has 2 aliphatic carbocycles. The number of carbonyl (C=O) groups excluding carboxylic acids is 1. The van der Waals surface area contributed by atoms with Crippen LogP contribution in [0.15, 0.2) is 84.5 Å². The maximum Gasteiger partial charge on any atom is 0.491 e. The molecule has 3 nitrogen and oxygen atoms in total. The van der Waals surface area contributed by atoms with Gasteiger partial charge in [-0.25, -0.2) is 4.79 Å². The van der Waals surface area contributed by atoms with Gasteiger partial charge >= 0.3 is 12.1 Å². The third-order valence-electron chi connectivity index (χ3n) is 6.99. The third kappa shape index (κ3) is 4.76. The number of hydrogen-bond donors (Lipinski definition) is 0. The molecule has 0 heterocycles. The Morgan fingerprint density at radius 2 is 1.51 bits per heavy atom. The molecule has 0 aliphatic heterocycles. The smallest absolute Gasteiger partial charge is 0.423 e. The van der Waals surface area contributed by atoms with E-state index in [1.165, 1.54) is 6.08 Å². The first kappa shape index (κ1) is 25.4. The van der Waals surface area contributed by atoms with Crippen LogP contribution in [-0.2, 0) is 14.0 Å². The van der Waals surface area contributed by atoms with E-state index in [1.807, 2.05) is 87.5 Å². The second kappa shape index (κ2) is 9.43. The zero-order valence-electron chi connectivity index (χ0n) is 20.3. The van der Waals surface area contributed by atoms with Crippen LogP contribution in [0, 0.1) is 5.92 Å². The van der Waals surface area contributed by atoms with Crippen LogP contribution in [0.2, 0.25) is 5.04 Å². The van der Waals surface area contributed by atoms with E-state index in [0.717, 1.165) is 35.2 Å². The Kier molecular flexibility index (Phi) is 6.86. The maximum atomic E-state index is 13.6. The average Bonchev–Trinajstić information content (AvgIpc) is 2.82. The van der Waals surface area contributed by atoms with E-state index in [-0.39, 0.29) is 0 Å². The minimum absolute atomic E-state index is 0.478. The van der Waals surface area contributed by atoms with Gasteiger partial charge in [0.2, 0.25) is 5.79 Å². The van der Waals surface area contributed by atoms with E-state index in [4.69, 9.17) is 9.16 Å². The third-order valence-corrected chi connectivity index (χ3v) is 12.0. The topological polar surface area (TPSA) is 35.5 Å². The molecule has 0 amide bonds. The predicted octanol–water partition coefficient (Wildman–Crippen LogP) is 6.05. The number of benzene rings is 2. The fraction of sp³-hybridized carbons (Fsp3) is 0.393. The van der Waals surface area contributed by atoms with Gasteiger partial charge in [0.15, 0.2) is 0 Å². The van der Waals surface area contributed by atoms with E-state index in [9.17, 15) is 18.0 Å². The molecule has 0 bridgehead atoms. The van der Waals surface area contributed by atoms with Crippen LogP contribution >= 0.6 is 0 Å². The molecule has 0 N–H and O–H groups in total. The number of esters is 1. The lowest BCUT2D eigenvalue weighted by molar-refractivity contribution is -0.240. The van der Waals surface area contributed by atoms with Crippen LogP contribution in [0.25, 0.3) is 0 Å². The quantitative estimate of drug-likeness (QED) is 0.285. The number of hydrogen-bond acceptors (Lipinski definition) is 3. The van der Waals surface area contributed by atoms with Gasteiger partial charge < -0.3 is 9.16 Å². The summed E-state index contributed by atoms with van der Waals surface area (Å²) in [6, 6.07) is 19.3. The predicted molar refractivity (Wildman–Crippen MR) is 133 cm³/mol. The van der Waals surface area contributed by atoms with Crippen LogP contribution in [0.5, 0.6) is 0 Å². The molecule has 186 valence electrons. The minimum Gasteiger partial charge on any atom is -0.423 e. The summed E-state index contributed by atoms with van der Waals surface area (Å²) in [6.07, 6.45) is 3.09. The molecule has 7 heteroatoms. The number of rotatable bonds is 5. The standard InChI is InChI=1S/C28H31F3O3Si/c1-26(2,3)35(22-15-6-4-7-16-22,23-17-8-5-9-18-23)34-27(33-25(32)28(29,30)31)20-12-14-21-13-10-11-19-24(21)27/h4-9,12,14-18,20,24H,10-11,13,19H2,1-3H3/t24?,27-/m1/s1. The maximum absolute atomic E-state index is 13.6. The fourth-order valence-corrected chi connectivity index (χ4v) is 10.1. The van der Waals surface area contributed by atoms with Gasteiger partial charge in [-0.1, -0.05) is 106 Å². The van der Waals surface area contributed by atoms with Crippen LogP contribution in [0.4, 0.5) is 13.2 Å². The summed E-state index contributed by atoms with van der Waals surface area (Å²) in [4.78, 5) is 12.4. The highest BCUT2D eigenvalue weighted by molar-refractivity contribution is 6.99. The summed E-state index contributed by atoms with van der Waals surface area (Å²) < 4.78 is 53.2. The number of fused-ring (bicyclic) bond motifs is 1. The molecular weight excluding hydrogens is 469 g/mol. The largest absolute Gasteiger partial charge is 0.491 e. The summed E-state index contributed by atoms with van der Waals surface area (Å²) in [6.45, 7) is 6.13. The first-order valence-electron chi connectivity index (χ1n) is 12.0. The van der Waals surface area contributed by atoms with Crippen molar-refractivity contribution in [2.75, 3.05) is 0 Å². The molecular formula is C28H31F3O3Si. The monoisotopic (exact) mass is 500 g/mol. The molecule has 1 saturated carbocycles. The summed E-state index contributed by atoms with van der Waals surface area (Å²) in [5.41, 5.74) is 0.964. The van der Waals surface area contributed by atoms with Crippen molar-refractivity contribution in [3.63, 3.8) is 0 Å². The molecule has 0 radical (unpaired) electrons. The fourth-order valence-electron chi connectivity index (χ4n) is 5.44. The van der Waals surface area contributed by atoms with Gasteiger partial charge in [-0.15, -0.1) is 0 Å². The second-order valence-corrected chi connectivity index (χ2v) is 14.5. The van der Waals surface area contributed by atoms with E-state index in [0.29, 0.717) is 6.42 Å². The molecule has 35 heavy (non-hydrogen) atoms. The van der Waals surface area contributed by atoms with Crippen LogP contribution in [0.3, 0.4) is 0 Å². The first-order chi connectivity index (χ1) is 16.5. The highest BCUT2D eigenvalue weighted by atomic mass is 28.4. The van der Waals surface area contributed by atoms with Gasteiger partial charge in [-0.2, -0.15) is 13.2 Å². The highest BCUT2D eigenvalue weighted by Crippen LogP contribution is 2.48. The molecule has 4 rings (SSSR count). The van der Waals surface area contributed by atoms with Crippen molar-refractivity contribution in [2.45, 2.75) is 63.5 Å². The van der Waals surface area contributed by atoms with E-state index in [1.54, 1.807) is 6.08 Å². The molecule has 0 saturated heterocycles. The number of alkyl halides is 3. The number of allylic oxidation sites excluding steroid dienone is 2. The molecule has 2 aromatic rings. The normalized spacial score (nSPS) is 22.8. The van der Waals surface area contributed by atoms with E-state index in [2.05, 4.69) is 0 Å². The van der Waals surface area contributed by atoms with E-state index < -0.39 is 37.2 Å². The Bertz CT molecular complexity index is 1060. The molecule has 0 aromatic heterocycles. The zero-order valence-corrected chi connectivity index (χ0v) is 21.3. The van der Waals surface area contributed by atoms with Crippen molar-refractivity contribution in [1.82, 2.24) is 0 Å². The summed E-state index contributed by atoms with van der Waals surface area (Å²) in [5, 5.41) is 1.31. The van der Waals surface area contributed by atoms with Gasteiger partial charge in [0.1, 0.15) is 0 Å². The molecule has 2 aromatic carbocycles. The van der Waals surface area contributed by atoms with Gasteiger partial charge in [0, 0.05) is 5.92 Å². The lowest BCUT2D eigenvalue weighted by Crippen LogP contribution is -2.71. The zero-order chi connectivity index (χ0) is 25.3. The van der Waals surface area contributed by atoms with Crippen LogP contribution in [0.1, 0.15) is 46.5 Å². The molecule has 1 fully saturated rings. The van der Waals surface area contributed by atoms with Crippen molar-refractivity contribution in [2.24, 2.45) is 5.92 Å². The van der Waals surface area contributed by atoms with Crippen molar-refractivity contribution in [3.05, 3.63) is 84.5 Å². The number of carbonyl (C=O) groups is 1. The Hall–Kier alpha value is -2.64.